The second-order valence-electron chi connectivity index (χ2n) is 5.34. The largest absolute Gasteiger partial charge is 0.417 e. The average molecular weight is 312 g/mol. The lowest BCUT2D eigenvalue weighted by molar-refractivity contribution is -0.137. The van der Waals surface area contributed by atoms with Gasteiger partial charge in [-0.1, -0.05) is 12.8 Å². The first-order chi connectivity index (χ1) is 10.3. The summed E-state index contributed by atoms with van der Waals surface area (Å²) in [5, 5.41) is 14.1. The molecule has 1 heterocycles. The molecule has 2 amide bonds. The van der Waals surface area contributed by atoms with E-state index < -0.39 is 23.2 Å². The molecule has 0 unspecified atom stereocenters. The minimum absolute atomic E-state index is 0.0166. The van der Waals surface area contributed by atoms with Crippen molar-refractivity contribution in [2.45, 2.75) is 31.9 Å². The third-order valence-electron chi connectivity index (χ3n) is 3.72. The summed E-state index contributed by atoms with van der Waals surface area (Å²) in [6, 6.07) is 3.57. The van der Waals surface area contributed by atoms with Gasteiger partial charge in [-0.2, -0.15) is 18.4 Å². The number of nitrogens with zero attached hydrogens (tertiary/aromatic N) is 2. The summed E-state index contributed by atoms with van der Waals surface area (Å²) in [7, 11) is 0. The van der Waals surface area contributed by atoms with E-state index >= 15 is 0 Å². The predicted octanol–water partition coefficient (Wildman–Crippen LogP) is 3.31. The third-order valence-corrected chi connectivity index (χ3v) is 3.72. The van der Waals surface area contributed by atoms with Gasteiger partial charge in [-0.3, -0.25) is 5.32 Å². The topological polar surface area (TPSA) is 77.8 Å². The van der Waals surface area contributed by atoms with Crippen LogP contribution >= 0.6 is 0 Å². The number of halogens is 3. The summed E-state index contributed by atoms with van der Waals surface area (Å²) in [5.41, 5.74) is -1.42. The summed E-state index contributed by atoms with van der Waals surface area (Å²) in [6.45, 7) is 0.218. The van der Waals surface area contributed by atoms with Crippen molar-refractivity contribution in [1.82, 2.24) is 10.3 Å². The summed E-state index contributed by atoms with van der Waals surface area (Å²) in [4.78, 5) is 15.3. The molecule has 5 nitrogen and oxygen atoms in total. The first kappa shape index (κ1) is 16.1. The highest BCUT2D eigenvalue weighted by molar-refractivity contribution is 5.88. The van der Waals surface area contributed by atoms with Gasteiger partial charge in [-0.15, -0.1) is 0 Å². The van der Waals surface area contributed by atoms with Crippen LogP contribution in [0.15, 0.2) is 18.3 Å². The Morgan fingerprint density at radius 1 is 1.36 bits per heavy atom. The zero-order chi connectivity index (χ0) is 16.2. The van der Waals surface area contributed by atoms with Crippen LogP contribution in [0.4, 0.5) is 23.8 Å². The summed E-state index contributed by atoms with van der Waals surface area (Å²) < 4.78 is 37.2. The zero-order valence-corrected chi connectivity index (χ0v) is 11.7. The van der Waals surface area contributed by atoms with E-state index in [4.69, 9.17) is 0 Å². The number of carbonyl (C=O) groups excluding carboxylic acids is 1. The molecule has 0 radical (unpaired) electrons. The molecule has 1 saturated carbocycles. The number of urea groups is 1. The summed E-state index contributed by atoms with van der Waals surface area (Å²) >= 11 is 0. The highest BCUT2D eigenvalue weighted by Gasteiger charge is 2.34. The molecule has 0 aromatic carbocycles. The highest BCUT2D eigenvalue weighted by atomic mass is 19.4. The van der Waals surface area contributed by atoms with E-state index in [-0.39, 0.29) is 12.4 Å². The maximum Gasteiger partial charge on any atom is 0.417 e. The van der Waals surface area contributed by atoms with E-state index in [0.29, 0.717) is 6.20 Å². The number of hydrogen-bond donors (Lipinski definition) is 2. The Bertz CT molecular complexity index is 571. The Hall–Kier alpha value is -2.30. The van der Waals surface area contributed by atoms with Crippen molar-refractivity contribution in [3.8, 4) is 6.07 Å². The molecule has 0 aliphatic heterocycles. The van der Waals surface area contributed by atoms with Crippen molar-refractivity contribution in [3.63, 3.8) is 0 Å². The molecule has 1 aromatic heterocycles. The van der Waals surface area contributed by atoms with Crippen LogP contribution in [-0.2, 0) is 6.18 Å². The highest BCUT2D eigenvalue weighted by Crippen LogP contribution is 2.36. The van der Waals surface area contributed by atoms with Crippen LogP contribution in [0.1, 0.15) is 31.2 Å². The second-order valence-corrected chi connectivity index (χ2v) is 5.34. The Morgan fingerprint density at radius 3 is 2.55 bits per heavy atom. The third kappa shape index (κ3) is 3.87. The van der Waals surface area contributed by atoms with E-state index in [1.165, 1.54) is 0 Å². The lowest BCUT2D eigenvalue weighted by atomic mass is 9.88. The number of alkyl halides is 3. The van der Waals surface area contributed by atoms with Gasteiger partial charge in [0.25, 0.3) is 0 Å². The molecule has 1 aromatic rings. The van der Waals surface area contributed by atoms with E-state index in [1.807, 2.05) is 0 Å². The number of hydrogen-bond acceptors (Lipinski definition) is 3. The van der Waals surface area contributed by atoms with Crippen molar-refractivity contribution in [1.29, 1.82) is 5.26 Å². The predicted molar refractivity (Wildman–Crippen MR) is 72.8 cm³/mol. The van der Waals surface area contributed by atoms with Crippen LogP contribution < -0.4 is 10.6 Å². The van der Waals surface area contributed by atoms with Crippen molar-refractivity contribution >= 4 is 11.8 Å². The second kappa shape index (κ2) is 6.22. The van der Waals surface area contributed by atoms with E-state index in [9.17, 15) is 23.2 Å². The van der Waals surface area contributed by atoms with Gasteiger partial charge in [0.1, 0.15) is 5.82 Å². The molecule has 1 fully saturated rings. The first-order valence-electron chi connectivity index (χ1n) is 6.84. The number of anilines is 1. The number of pyridine rings is 1. The van der Waals surface area contributed by atoms with Crippen LogP contribution in [0.3, 0.4) is 0 Å². The van der Waals surface area contributed by atoms with Crippen molar-refractivity contribution in [2.75, 3.05) is 11.9 Å². The van der Waals surface area contributed by atoms with Crippen LogP contribution in [0, 0.1) is 16.7 Å². The average Bonchev–Trinajstić information content (AvgIpc) is 2.94. The SMILES string of the molecule is N#CC1(CNC(=O)Nc2ccc(C(F)(F)F)cn2)CCCC1. The summed E-state index contributed by atoms with van der Waals surface area (Å²) in [6.07, 6.45) is -0.419. The maximum absolute atomic E-state index is 12.4. The molecule has 2 rings (SSSR count). The van der Waals surface area contributed by atoms with Crippen molar-refractivity contribution in [3.05, 3.63) is 23.9 Å². The maximum atomic E-state index is 12.4. The van der Waals surface area contributed by atoms with Crippen molar-refractivity contribution < 1.29 is 18.0 Å². The Balaban J connectivity index is 1.88. The quantitative estimate of drug-likeness (QED) is 0.899. The zero-order valence-electron chi connectivity index (χ0n) is 11.7. The molecule has 0 saturated heterocycles. The molecule has 1 aliphatic carbocycles. The normalized spacial score (nSPS) is 16.8. The number of nitrogens with one attached hydrogen (secondary N) is 2. The van der Waals surface area contributed by atoms with Gasteiger partial charge in [-0.25, -0.2) is 9.78 Å². The number of rotatable bonds is 3. The monoisotopic (exact) mass is 312 g/mol. The molecule has 0 bridgehead atoms. The minimum atomic E-state index is -4.46. The van der Waals surface area contributed by atoms with Gasteiger partial charge in [-0.05, 0) is 25.0 Å². The van der Waals surface area contributed by atoms with Gasteiger partial charge in [0, 0.05) is 12.7 Å². The van der Waals surface area contributed by atoms with Crippen LogP contribution in [0.2, 0.25) is 0 Å². The smallest absolute Gasteiger partial charge is 0.336 e. The van der Waals surface area contributed by atoms with E-state index in [2.05, 4.69) is 21.7 Å². The summed E-state index contributed by atoms with van der Waals surface area (Å²) in [5.74, 6) is 0.0166. The number of carbonyl (C=O) groups is 1. The lowest BCUT2D eigenvalue weighted by Gasteiger charge is -2.20. The molecule has 1 aliphatic rings. The Morgan fingerprint density at radius 2 is 2.05 bits per heavy atom. The fourth-order valence-electron chi connectivity index (χ4n) is 2.43. The van der Waals surface area contributed by atoms with Gasteiger partial charge < -0.3 is 5.32 Å². The van der Waals surface area contributed by atoms with Gasteiger partial charge in [0.15, 0.2) is 0 Å². The fourth-order valence-corrected chi connectivity index (χ4v) is 2.43. The fraction of sp³-hybridized carbons (Fsp3) is 0.500. The molecule has 0 spiro atoms. The number of nitriles is 1. The van der Waals surface area contributed by atoms with E-state index in [0.717, 1.165) is 37.8 Å². The lowest BCUT2D eigenvalue weighted by Crippen LogP contribution is -2.37. The Kier molecular flexibility index (Phi) is 4.54. The molecule has 0 atom stereocenters. The molecule has 2 N–H and O–H groups in total. The minimum Gasteiger partial charge on any atom is -0.336 e. The molecular formula is C14H15F3N4O. The van der Waals surface area contributed by atoms with Gasteiger partial charge in [0.05, 0.1) is 17.0 Å². The molecular weight excluding hydrogens is 297 g/mol. The Labute approximate surface area is 125 Å². The van der Waals surface area contributed by atoms with Gasteiger partial charge >= 0.3 is 12.2 Å². The first-order valence-corrected chi connectivity index (χ1v) is 6.84. The van der Waals surface area contributed by atoms with Crippen LogP contribution in [0.5, 0.6) is 0 Å². The molecule has 118 valence electrons. The van der Waals surface area contributed by atoms with Crippen LogP contribution in [-0.4, -0.2) is 17.6 Å². The standard InChI is InChI=1S/C14H15F3N4O/c15-14(16,17)10-3-4-11(19-7-10)21-12(22)20-9-13(8-18)5-1-2-6-13/h3-4,7H,1-2,5-6,9H2,(H2,19,20,21,22). The van der Waals surface area contributed by atoms with E-state index in [1.54, 1.807) is 0 Å². The molecule has 22 heavy (non-hydrogen) atoms. The number of amides is 2. The molecule has 8 heteroatoms. The number of aromatic nitrogens is 1. The van der Waals surface area contributed by atoms with Gasteiger partial charge in [0.2, 0.25) is 0 Å². The van der Waals surface area contributed by atoms with Crippen LogP contribution in [0.25, 0.3) is 0 Å². The van der Waals surface area contributed by atoms with Crippen molar-refractivity contribution in [2.24, 2.45) is 5.41 Å².